The van der Waals surface area contributed by atoms with E-state index < -0.39 is 11.9 Å². The second-order valence-electron chi connectivity index (χ2n) is 4.07. The maximum Gasteiger partial charge on any atom is 0.153 e. The molecule has 2 aromatic carbocycles. The zero-order chi connectivity index (χ0) is 13.8. The zero-order valence-corrected chi connectivity index (χ0v) is 10.1. The Kier molecular flexibility index (Phi) is 3.90. The van der Waals surface area contributed by atoms with Crippen LogP contribution in [-0.4, -0.2) is 6.29 Å². The lowest BCUT2D eigenvalue weighted by Gasteiger charge is -2.16. The number of nitrogens with one attached hydrogen (secondary N) is 1. The highest BCUT2D eigenvalue weighted by atomic mass is 19.1. The molecule has 0 saturated carbocycles. The Morgan fingerprint density at radius 1 is 1.11 bits per heavy atom. The predicted molar refractivity (Wildman–Crippen MR) is 69.9 cm³/mol. The molecule has 4 heteroatoms. The van der Waals surface area contributed by atoms with Crippen LogP contribution in [0.2, 0.25) is 0 Å². The topological polar surface area (TPSA) is 29.1 Å². The molecule has 2 rings (SSSR count). The highest BCUT2D eigenvalue weighted by Crippen LogP contribution is 2.23. The molecule has 1 atom stereocenters. The van der Waals surface area contributed by atoms with Crippen molar-refractivity contribution in [2.75, 3.05) is 5.32 Å². The Morgan fingerprint density at radius 3 is 2.42 bits per heavy atom. The first-order valence-electron chi connectivity index (χ1n) is 5.70. The van der Waals surface area contributed by atoms with Gasteiger partial charge in [0.05, 0.1) is 11.6 Å². The summed E-state index contributed by atoms with van der Waals surface area (Å²) in [5.41, 5.74) is 0.901. The first kappa shape index (κ1) is 13.2. The van der Waals surface area contributed by atoms with Gasteiger partial charge in [0.15, 0.2) is 6.29 Å². The van der Waals surface area contributed by atoms with E-state index in [-0.39, 0.29) is 16.9 Å². The number of hydrogen-bond acceptors (Lipinski definition) is 2. The van der Waals surface area contributed by atoms with Crippen LogP contribution >= 0.6 is 0 Å². The van der Waals surface area contributed by atoms with Crippen LogP contribution in [0.15, 0.2) is 42.5 Å². The van der Waals surface area contributed by atoms with E-state index in [1.807, 2.05) is 0 Å². The van der Waals surface area contributed by atoms with E-state index >= 15 is 0 Å². The molecule has 1 N–H and O–H groups in total. The summed E-state index contributed by atoms with van der Waals surface area (Å²) in [4.78, 5) is 10.7. The van der Waals surface area contributed by atoms with E-state index in [4.69, 9.17) is 0 Å². The summed E-state index contributed by atoms with van der Waals surface area (Å²) in [7, 11) is 0. The van der Waals surface area contributed by atoms with Gasteiger partial charge in [-0.1, -0.05) is 12.1 Å². The molecule has 0 spiro atoms. The second-order valence-corrected chi connectivity index (χ2v) is 4.07. The van der Waals surface area contributed by atoms with E-state index in [1.54, 1.807) is 12.1 Å². The number of hydrogen-bond donors (Lipinski definition) is 1. The Morgan fingerprint density at radius 2 is 1.79 bits per heavy atom. The van der Waals surface area contributed by atoms with Gasteiger partial charge in [-0.2, -0.15) is 0 Å². The van der Waals surface area contributed by atoms with Gasteiger partial charge >= 0.3 is 0 Å². The molecule has 0 aromatic heterocycles. The van der Waals surface area contributed by atoms with Gasteiger partial charge in [0.1, 0.15) is 11.6 Å². The molecule has 1 radical (unpaired) electrons. The molecule has 0 aliphatic carbocycles. The number of rotatable bonds is 4. The van der Waals surface area contributed by atoms with Crippen molar-refractivity contribution in [2.24, 2.45) is 0 Å². The highest BCUT2D eigenvalue weighted by molar-refractivity contribution is 5.75. The number of aldehydes is 1. The molecule has 0 amide bonds. The van der Waals surface area contributed by atoms with Crippen molar-refractivity contribution in [1.82, 2.24) is 0 Å². The van der Waals surface area contributed by atoms with Crippen molar-refractivity contribution in [1.29, 1.82) is 0 Å². The molecule has 0 fully saturated rings. The van der Waals surface area contributed by atoms with Gasteiger partial charge in [-0.25, -0.2) is 8.78 Å². The predicted octanol–water partition coefficient (Wildman–Crippen LogP) is 3.76. The van der Waals surface area contributed by atoms with Gasteiger partial charge in [0.25, 0.3) is 0 Å². The van der Waals surface area contributed by atoms with Crippen LogP contribution in [0.25, 0.3) is 0 Å². The van der Waals surface area contributed by atoms with Crippen LogP contribution in [0.3, 0.4) is 0 Å². The molecule has 97 valence electrons. The fourth-order valence-electron chi connectivity index (χ4n) is 1.75. The molecule has 0 heterocycles. The third kappa shape index (κ3) is 2.96. The van der Waals surface area contributed by atoms with Crippen LogP contribution in [0.5, 0.6) is 0 Å². The Bertz CT molecular complexity index is 581. The van der Waals surface area contributed by atoms with Gasteiger partial charge in [-0.05, 0) is 37.3 Å². The van der Waals surface area contributed by atoms with E-state index in [2.05, 4.69) is 12.2 Å². The Hall–Kier alpha value is -2.23. The van der Waals surface area contributed by atoms with Crippen molar-refractivity contribution in [3.05, 3.63) is 72.1 Å². The normalized spacial score (nSPS) is 11.9. The Balaban J connectivity index is 2.22. The molecule has 0 bridgehead atoms. The van der Waals surface area contributed by atoms with Crippen LogP contribution < -0.4 is 5.32 Å². The van der Waals surface area contributed by atoms with Crippen LogP contribution in [0.1, 0.15) is 22.0 Å². The number of anilines is 1. The van der Waals surface area contributed by atoms with Gasteiger partial charge < -0.3 is 5.32 Å². The average Bonchev–Trinajstić information content (AvgIpc) is 2.41. The maximum atomic E-state index is 13.9. The minimum absolute atomic E-state index is 0.00736. The van der Waals surface area contributed by atoms with E-state index in [0.29, 0.717) is 12.0 Å². The number of benzene rings is 2. The quantitative estimate of drug-likeness (QED) is 0.848. The van der Waals surface area contributed by atoms with Crippen molar-refractivity contribution in [3.8, 4) is 0 Å². The molecule has 0 aliphatic heterocycles. The Labute approximate surface area is 110 Å². The van der Waals surface area contributed by atoms with Gasteiger partial charge in [-0.15, -0.1) is 0 Å². The smallest absolute Gasteiger partial charge is 0.153 e. The standard InChI is InChI=1S/C15H12F2NO/c1-10(18-13-7-5-12(16)6-8-13)14-4-2-3-11(9-19)15(14)17/h2-10,18H,1H2. The van der Waals surface area contributed by atoms with E-state index in [9.17, 15) is 13.6 Å². The van der Waals surface area contributed by atoms with Crippen molar-refractivity contribution in [3.63, 3.8) is 0 Å². The SMILES string of the molecule is [CH2]C(Nc1ccc(F)cc1)c1cccc(C=O)c1F. The fraction of sp³-hybridized carbons (Fsp3) is 0.0667. The van der Waals surface area contributed by atoms with Gasteiger partial charge in [0, 0.05) is 11.3 Å². The summed E-state index contributed by atoms with van der Waals surface area (Å²) in [5, 5.41) is 2.94. The summed E-state index contributed by atoms with van der Waals surface area (Å²) in [6, 6.07) is 9.63. The summed E-state index contributed by atoms with van der Waals surface area (Å²) < 4.78 is 26.7. The van der Waals surface area contributed by atoms with Crippen molar-refractivity contribution < 1.29 is 13.6 Å². The minimum atomic E-state index is -0.591. The van der Waals surface area contributed by atoms with E-state index in [0.717, 1.165) is 0 Å². The molecular formula is C15H12F2NO. The zero-order valence-electron chi connectivity index (χ0n) is 10.1. The number of carbonyl (C=O) groups excluding carboxylic acids is 1. The first-order chi connectivity index (χ1) is 9.11. The number of carbonyl (C=O) groups is 1. The lowest BCUT2D eigenvalue weighted by Crippen LogP contribution is -2.10. The third-order valence-electron chi connectivity index (χ3n) is 2.75. The molecule has 19 heavy (non-hydrogen) atoms. The summed E-state index contributed by atoms with van der Waals surface area (Å²) >= 11 is 0. The second kappa shape index (κ2) is 5.61. The van der Waals surface area contributed by atoms with Crippen molar-refractivity contribution in [2.45, 2.75) is 6.04 Å². The minimum Gasteiger partial charge on any atom is -0.378 e. The average molecular weight is 260 g/mol. The lowest BCUT2D eigenvalue weighted by atomic mass is 10.0. The molecule has 1 unspecified atom stereocenters. The van der Waals surface area contributed by atoms with Crippen molar-refractivity contribution >= 4 is 12.0 Å². The first-order valence-corrected chi connectivity index (χ1v) is 5.70. The monoisotopic (exact) mass is 260 g/mol. The molecule has 2 aromatic rings. The fourth-order valence-corrected chi connectivity index (χ4v) is 1.75. The largest absolute Gasteiger partial charge is 0.378 e. The summed E-state index contributed by atoms with van der Waals surface area (Å²) in [5.74, 6) is -0.938. The molecule has 0 saturated heterocycles. The van der Waals surface area contributed by atoms with Gasteiger partial charge in [0.2, 0.25) is 0 Å². The maximum absolute atomic E-state index is 13.9. The third-order valence-corrected chi connectivity index (χ3v) is 2.75. The van der Waals surface area contributed by atoms with Crippen LogP contribution in [0.4, 0.5) is 14.5 Å². The summed E-state index contributed by atoms with van der Waals surface area (Å²) in [6.45, 7) is 3.80. The van der Waals surface area contributed by atoms with Crippen LogP contribution in [0, 0.1) is 18.6 Å². The van der Waals surface area contributed by atoms with Crippen LogP contribution in [-0.2, 0) is 0 Å². The summed E-state index contributed by atoms with van der Waals surface area (Å²) in [6.07, 6.45) is 0.462. The lowest BCUT2D eigenvalue weighted by molar-refractivity contribution is 0.111. The molecule has 0 aliphatic rings. The van der Waals surface area contributed by atoms with E-state index in [1.165, 1.54) is 30.3 Å². The highest BCUT2D eigenvalue weighted by Gasteiger charge is 2.13. The van der Waals surface area contributed by atoms with Gasteiger partial charge in [-0.3, -0.25) is 4.79 Å². The molecular weight excluding hydrogens is 248 g/mol. The molecule has 2 nitrogen and oxygen atoms in total. The number of halogens is 2.